The molecule has 1 aromatic rings. The fourth-order valence-electron chi connectivity index (χ4n) is 1.15. The van der Waals surface area contributed by atoms with E-state index in [0.717, 1.165) is 0 Å². The van der Waals surface area contributed by atoms with Crippen molar-refractivity contribution in [1.82, 2.24) is 25.4 Å². The second-order valence-corrected chi connectivity index (χ2v) is 3.42. The van der Waals surface area contributed by atoms with Gasteiger partial charge >= 0.3 is 12.0 Å². The highest BCUT2D eigenvalue weighted by Gasteiger charge is 2.13. The molecular weight excluding hydrogens is 226 g/mol. The summed E-state index contributed by atoms with van der Waals surface area (Å²) in [5.74, 6) is -0.470. The average molecular weight is 241 g/mol. The van der Waals surface area contributed by atoms with Gasteiger partial charge in [0.15, 0.2) is 5.82 Å². The number of aromatic nitrogens is 3. The van der Waals surface area contributed by atoms with Crippen LogP contribution in [0.25, 0.3) is 0 Å². The maximum absolute atomic E-state index is 11.3. The van der Waals surface area contributed by atoms with Crippen LogP contribution in [0.15, 0.2) is 6.33 Å². The molecule has 1 heterocycles. The van der Waals surface area contributed by atoms with E-state index in [-0.39, 0.29) is 6.54 Å². The number of hydrogen-bond donors (Lipinski definition) is 3. The first-order chi connectivity index (χ1) is 8.04. The average Bonchev–Trinajstić information content (AvgIpc) is 2.73. The number of carboxylic acid groups (broad SMARTS) is 1. The zero-order chi connectivity index (χ0) is 12.8. The van der Waals surface area contributed by atoms with E-state index in [1.165, 1.54) is 6.92 Å². The van der Waals surface area contributed by atoms with Crippen LogP contribution in [0.1, 0.15) is 19.7 Å². The molecule has 3 N–H and O–H groups in total. The summed E-state index contributed by atoms with van der Waals surface area (Å²) >= 11 is 0. The third kappa shape index (κ3) is 3.74. The summed E-state index contributed by atoms with van der Waals surface area (Å²) in [4.78, 5) is 21.8. The minimum absolute atomic E-state index is 0.200. The highest BCUT2D eigenvalue weighted by atomic mass is 16.4. The van der Waals surface area contributed by atoms with Crippen LogP contribution in [0.4, 0.5) is 4.79 Å². The van der Waals surface area contributed by atoms with E-state index >= 15 is 0 Å². The van der Waals surface area contributed by atoms with Crippen molar-refractivity contribution in [2.24, 2.45) is 0 Å². The highest BCUT2D eigenvalue weighted by Crippen LogP contribution is 1.93. The smallest absolute Gasteiger partial charge is 0.325 e. The first-order valence-corrected chi connectivity index (χ1v) is 5.18. The van der Waals surface area contributed by atoms with E-state index in [9.17, 15) is 9.59 Å². The van der Waals surface area contributed by atoms with Crippen LogP contribution in [0.3, 0.4) is 0 Å². The molecule has 1 aromatic heterocycles. The zero-order valence-electron chi connectivity index (χ0n) is 9.67. The zero-order valence-corrected chi connectivity index (χ0v) is 9.67. The molecule has 1 unspecified atom stereocenters. The van der Waals surface area contributed by atoms with E-state index in [4.69, 9.17) is 5.11 Å². The van der Waals surface area contributed by atoms with Gasteiger partial charge in [-0.15, -0.1) is 10.2 Å². The highest BCUT2D eigenvalue weighted by molar-refractivity contribution is 5.81. The molecule has 0 aliphatic heterocycles. The summed E-state index contributed by atoms with van der Waals surface area (Å²) in [6.07, 6.45) is 1.56. The molecule has 0 saturated heterocycles. The van der Waals surface area contributed by atoms with Gasteiger partial charge in [0.2, 0.25) is 0 Å². The Kier molecular flexibility index (Phi) is 4.44. The lowest BCUT2D eigenvalue weighted by Crippen LogP contribution is -2.44. The molecule has 0 radical (unpaired) electrons. The minimum atomic E-state index is -1.09. The summed E-state index contributed by atoms with van der Waals surface area (Å²) in [7, 11) is 0. The van der Waals surface area contributed by atoms with Crippen molar-refractivity contribution < 1.29 is 14.7 Å². The Morgan fingerprint density at radius 1 is 1.59 bits per heavy atom. The first kappa shape index (κ1) is 12.9. The van der Waals surface area contributed by atoms with Crippen LogP contribution in [-0.4, -0.2) is 37.9 Å². The van der Waals surface area contributed by atoms with Gasteiger partial charge in [0.05, 0.1) is 6.54 Å². The van der Waals surface area contributed by atoms with Gasteiger partial charge in [-0.3, -0.25) is 4.79 Å². The Morgan fingerprint density at radius 2 is 2.29 bits per heavy atom. The molecule has 1 atom stereocenters. The molecule has 2 amide bonds. The molecule has 0 spiro atoms. The first-order valence-electron chi connectivity index (χ1n) is 5.18. The van der Waals surface area contributed by atoms with Crippen LogP contribution in [-0.2, 0) is 17.9 Å². The molecule has 8 heteroatoms. The van der Waals surface area contributed by atoms with Gasteiger partial charge in [-0.05, 0) is 13.8 Å². The van der Waals surface area contributed by atoms with Gasteiger partial charge in [-0.1, -0.05) is 0 Å². The fraction of sp³-hybridized carbons (Fsp3) is 0.556. The maximum atomic E-state index is 11.3. The van der Waals surface area contributed by atoms with Crippen LogP contribution >= 0.6 is 0 Å². The molecule has 0 aliphatic rings. The summed E-state index contributed by atoms with van der Waals surface area (Å²) < 4.78 is 1.78. The van der Waals surface area contributed by atoms with E-state index < -0.39 is 18.0 Å². The number of carbonyl (C=O) groups is 2. The lowest BCUT2D eigenvalue weighted by atomic mass is 10.3. The molecule has 8 nitrogen and oxygen atoms in total. The Labute approximate surface area is 98.0 Å². The largest absolute Gasteiger partial charge is 0.480 e. The van der Waals surface area contributed by atoms with Crippen LogP contribution in [0, 0.1) is 0 Å². The van der Waals surface area contributed by atoms with Gasteiger partial charge in [0.1, 0.15) is 12.4 Å². The van der Waals surface area contributed by atoms with E-state index in [1.54, 1.807) is 10.9 Å². The van der Waals surface area contributed by atoms with Crippen molar-refractivity contribution in [2.45, 2.75) is 33.0 Å². The molecular formula is C9H15N5O3. The van der Waals surface area contributed by atoms with Gasteiger partial charge < -0.3 is 20.3 Å². The topological polar surface area (TPSA) is 109 Å². The lowest BCUT2D eigenvalue weighted by Gasteiger charge is -2.10. The van der Waals surface area contributed by atoms with Crippen LogP contribution in [0.2, 0.25) is 0 Å². The standard InChI is InChI=1S/C9H15N5O3/c1-3-14-5-11-13-7(14)4-10-9(17)12-6(2)8(15)16/h5-6H,3-4H2,1-2H3,(H,15,16)(H2,10,12,17). The van der Waals surface area contributed by atoms with E-state index in [1.807, 2.05) is 6.92 Å². The van der Waals surface area contributed by atoms with Crippen molar-refractivity contribution in [1.29, 1.82) is 0 Å². The van der Waals surface area contributed by atoms with Gasteiger partial charge in [0, 0.05) is 6.54 Å². The van der Waals surface area contributed by atoms with Crippen LogP contribution in [0.5, 0.6) is 0 Å². The van der Waals surface area contributed by atoms with Gasteiger partial charge in [-0.2, -0.15) is 0 Å². The SMILES string of the molecule is CCn1cnnc1CNC(=O)NC(C)C(=O)O. The molecule has 0 bridgehead atoms. The van der Waals surface area contributed by atoms with Crippen molar-refractivity contribution in [3.05, 3.63) is 12.2 Å². The Bertz CT molecular complexity index is 403. The predicted octanol–water partition coefficient (Wildman–Crippen LogP) is -0.430. The number of aryl methyl sites for hydroxylation is 1. The number of nitrogens with zero attached hydrogens (tertiary/aromatic N) is 3. The monoisotopic (exact) mass is 241 g/mol. The minimum Gasteiger partial charge on any atom is -0.480 e. The maximum Gasteiger partial charge on any atom is 0.325 e. The third-order valence-corrected chi connectivity index (χ3v) is 2.16. The number of amides is 2. The van der Waals surface area contributed by atoms with Gasteiger partial charge in [0.25, 0.3) is 0 Å². The molecule has 0 aromatic carbocycles. The predicted molar refractivity (Wildman–Crippen MR) is 58.2 cm³/mol. The summed E-state index contributed by atoms with van der Waals surface area (Å²) in [6.45, 7) is 4.22. The number of carboxylic acids is 1. The number of aliphatic carboxylic acids is 1. The summed E-state index contributed by atoms with van der Waals surface area (Å²) in [6, 6.07) is -1.48. The molecule has 94 valence electrons. The quantitative estimate of drug-likeness (QED) is 0.648. The number of nitrogens with one attached hydrogen (secondary N) is 2. The Balaban J connectivity index is 2.41. The van der Waals surface area contributed by atoms with Gasteiger partial charge in [-0.25, -0.2) is 4.79 Å². The molecule has 0 aliphatic carbocycles. The van der Waals surface area contributed by atoms with E-state index in [0.29, 0.717) is 12.4 Å². The van der Waals surface area contributed by atoms with Crippen molar-refractivity contribution in [3.63, 3.8) is 0 Å². The Morgan fingerprint density at radius 3 is 2.88 bits per heavy atom. The van der Waals surface area contributed by atoms with Crippen LogP contribution < -0.4 is 10.6 Å². The Hall–Kier alpha value is -2.12. The molecule has 17 heavy (non-hydrogen) atoms. The normalized spacial score (nSPS) is 11.9. The second-order valence-electron chi connectivity index (χ2n) is 3.42. The second kappa shape index (κ2) is 5.83. The fourth-order valence-corrected chi connectivity index (χ4v) is 1.15. The number of carbonyl (C=O) groups excluding carboxylic acids is 1. The number of hydrogen-bond acceptors (Lipinski definition) is 4. The molecule has 0 saturated carbocycles. The van der Waals surface area contributed by atoms with Crippen molar-refractivity contribution in [3.8, 4) is 0 Å². The molecule has 1 rings (SSSR count). The number of urea groups is 1. The van der Waals surface area contributed by atoms with Crippen molar-refractivity contribution in [2.75, 3.05) is 0 Å². The van der Waals surface area contributed by atoms with Crippen molar-refractivity contribution >= 4 is 12.0 Å². The van der Waals surface area contributed by atoms with E-state index in [2.05, 4.69) is 20.8 Å². The number of rotatable bonds is 5. The molecule has 0 fully saturated rings. The lowest BCUT2D eigenvalue weighted by molar-refractivity contribution is -0.138. The summed E-state index contributed by atoms with van der Waals surface area (Å²) in [5.41, 5.74) is 0. The summed E-state index contributed by atoms with van der Waals surface area (Å²) in [5, 5.41) is 20.9. The third-order valence-electron chi connectivity index (χ3n) is 2.16.